The fourth-order valence-corrected chi connectivity index (χ4v) is 4.90. The molecule has 0 aliphatic rings. The Labute approximate surface area is 171 Å². The summed E-state index contributed by atoms with van der Waals surface area (Å²) in [5, 5.41) is 15.5. The number of likely N-dealkylation sites (N-methyl/N-ethyl adjacent to an activating group) is 1. The molecule has 0 saturated heterocycles. The molecule has 27 heavy (non-hydrogen) atoms. The Morgan fingerprint density at radius 1 is 1.22 bits per heavy atom. The summed E-state index contributed by atoms with van der Waals surface area (Å²) in [6, 6.07) is 6.20. The normalized spacial score (nSPS) is 10.8. The molecule has 0 saturated carbocycles. The van der Waals surface area contributed by atoms with E-state index in [1.807, 2.05) is 11.4 Å². The van der Waals surface area contributed by atoms with Crippen molar-refractivity contribution in [3.63, 3.8) is 0 Å². The van der Waals surface area contributed by atoms with Crippen molar-refractivity contribution in [2.45, 2.75) is 30.4 Å². The topological polar surface area (TPSA) is 71.0 Å². The van der Waals surface area contributed by atoms with Crippen molar-refractivity contribution in [3.05, 3.63) is 45.4 Å². The largest absolute Gasteiger partial charge is 0.348 e. The minimum atomic E-state index is 0.0647. The van der Waals surface area contributed by atoms with E-state index in [1.54, 1.807) is 30.8 Å². The van der Waals surface area contributed by atoms with E-state index in [2.05, 4.69) is 46.5 Å². The molecule has 6 nitrogen and oxygen atoms in total. The monoisotopic (exact) mass is 419 g/mol. The van der Waals surface area contributed by atoms with Gasteiger partial charge in [-0.25, -0.2) is 4.98 Å². The van der Waals surface area contributed by atoms with Gasteiger partial charge in [-0.2, -0.15) is 0 Å². The predicted molar refractivity (Wildman–Crippen MR) is 113 cm³/mol. The SMILES string of the molecule is Cc1cccc(C)c1Nc1nnc(SCc2csc(CC(=O)N(C)C)n2)s1. The molecular weight excluding hydrogens is 398 g/mol. The highest BCUT2D eigenvalue weighted by atomic mass is 32.2. The predicted octanol–water partition coefficient (Wildman–Crippen LogP) is 4.28. The van der Waals surface area contributed by atoms with Crippen LogP contribution in [0.25, 0.3) is 0 Å². The first kappa shape index (κ1) is 19.8. The second-order valence-electron chi connectivity index (χ2n) is 6.25. The lowest BCUT2D eigenvalue weighted by atomic mass is 10.1. The highest BCUT2D eigenvalue weighted by Crippen LogP contribution is 2.31. The summed E-state index contributed by atoms with van der Waals surface area (Å²) in [6.07, 6.45) is 0.352. The van der Waals surface area contributed by atoms with Gasteiger partial charge in [0.2, 0.25) is 11.0 Å². The van der Waals surface area contributed by atoms with Crippen molar-refractivity contribution >= 4 is 51.2 Å². The molecule has 0 unspecified atom stereocenters. The van der Waals surface area contributed by atoms with E-state index in [9.17, 15) is 4.79 Å². The molecule has 0 radical (unpaired) electrons. The van der Waals surface area contributed by atoms with E-state index in [4.69, 9.17) is 0 Å². The maximum absolute atomic E-state index is 11.8. The maximum Gasteiger partial charge on any atom is 0.228 e. The lowest BCUT2D eigenvalue weighted by Crippen LogP contribution is -2.23. The number of rotatable bonds is 7. The average molecular weight is 420 g/mol. The third-order valence-corrected chi connectivity index (χ3v) is 6.77. The number of hydrogen-bond donors (Lipinski definition) is 1. The summed E-state index contributed by atoms with van der Waals surface area (Å²) in [5.41, 5.74) is 4.41. The van der Waals surface area contributed by atoms with Gasteiger partial charge < -0.3 is 10.2 Å². The minimum absolute atomic E-state index is 0.0647. The second-order valence-corrected chi connectivity index (χ2v) is 9.39. The van der Waals surface area contributed by atoms with Crippen LogP contribution in [-0.4, -0.2) is 40.1 Å². The van der Waals surface area contributed by atoms with Crippen LogP contribution in [0, 0.1) is 13.8 Å². The van der Waals surface area contributed by atoms with Crippen LogP contribution in [0.3, 0.4) is 0 Å². The van der Waals surface area contributed by atoms with Gasteiger partial charge in [-0.15, -0.1) is 21.5 Å². The molecule has 1 amide bonds. The van der Waals surface area contributed by atoms with Crippen LogP contribution < -0.4 is 5.32 Å². The van der Waals surface area contributed by atoms with Gasteiger partial charge in [-0.1, -0.05) is 41.3 Å². The second kappa shape index (κ2) is 8.81. The summed E-state index contributed by atoms with van der Waals surface area (Å²) >= 11 is 4.66. The van der Waals surface area contributed by atoms with Gasteiger partial charge in [-0.05, 0) is 25.0 Å². The lowest BCUT2D eigenvalue weighted by Gasteiger charge is -2.09. The molecule has 2 heterocycles. The number of para-hydroxylation sites is 1. The molecule has 0 aliphatic heterocycles. The average Bonchev–Trinajstić information content (AvgIpc) is 3.25. The fraction of sp³-hybridized carbons (Fsp3) is 0.333. The van der Waals surface area contributed by atoms with Crippen molar-refractivity contribution in [1.29, 1.82) is 0 Å². The first-order valence-electron chi connectivity index (χ1n) is 8.35. The Morgan fingerprint density at radius 3 is 2.67 bits per heavy atom. The zero-order chi connectivity index (χ0) is 19.4. The summed E-state index contributed by atoms with van der Waals surface area (Å²) in [4.78, 5) is 17.9. The quantitative estimate of drug-likeness (QED) is 0.577. The van der Waals surface area contributed by atoms with Gasteiger partial charge in [0.15, 0.2) is 4.34 Å². The number of aromatic nitrogens is 3. The van der Waals surface area contributed by atoms with Gasteiger partial charge >= 0.3 is 0 Å². The Morgan fingerprint density at radius 2 is 1.96 bits per heavy atom. The van der Waals surface area contributed by atoms with Gasteiger partial charge in [-0.3, -0.25) is 4.79 Å². The third-order valence-electron chi connectivity index (χ3n) is 3.86. The summed E-state index contributed by atoms with van der Waals surface area (Å²) in [6.45, 7) is 4.15. The number of amides is 1. The van der Waals surface area contributed by atoms with Gasteiger partial charge in [0.25, 0.3) is 0 Å². The van der Waals surface area contributed by atoms with Crippen molar-refractivity contribution in [3.8, 4) is 0 Å². The molecular formula is C18H21N5OS3. The molecule has 2 aromatic heterocycles. The van der Waals surface area contributed by atoms with Crippen molar-refractivity contribution in [2.75, 3.05) is 19.4 Å². The first-order valence-corrected chi connectivity index (χ1v) is 11.0. The number of nitrogens with one attached hydrogen (secondary N) is 1. The lowest BCUT2D eigenvalue weighted by molar-refractivity contribution is -0.127. The fourth-order valence-electron chi connectivity index (χ4n) is 2.36. The number of anilines is 2. The number of hydrogen-bond acceptors (Lipinski definition) is 8. The van der Waals surface area contributed by atoms with E-state index in [0.29, 0.717) is 12.2 Å². The van der Waals surface area contributed by atoms with Crippen LogP contribution in [0.2, 0.25) is 0 Å². The van der Waals surface area contributed by atoms with Crippen LogP contribution in [0.5, 0.6) is 0 Å². The van der Waals surface area contributed by atoms with Crippen LogP contribution in [0.15, 0.2) is 27.9 Å². The zero-order valence-electron chi connectivity index (χ0n) is 15.6. The molecule has 0 atom stereocenters. The number of nitrogens with zero attached hydrogens (tertiary/aromatic N) is 4. The summed E-state index contributed by atoms with van der Waals surface area (Å²) in [7, 11) is 3.51. The van der Waals surface area contributed by atoms with Gasteiger partial charge in [0.1, 0.15) is 5.01 Å². The number of carbonyl (C=O) groups is 1. The van der Waals surface area contributed by atoms with Crippen LogP contribution in [0.4, 0.5) is 10.8 Å². The van der Waals surface area contributed by atoms with Gasteiger partial charge in [0.05, 0.1) is 12.1 Å². The van der Waals surface area contributed by atoms with E-state index in [0.717, 1.165) is 25.9 Å². The molecule has 3 rings (SSSR count). The van der Waals surface area contributed by atoms with Crippen LogP contribution in [0.1, 0.15) is 21.8 Å². The highest BCUT2D eigenvalue weighted by molar-refractivity contribution is 8.00. The van der Waals surface area contributed by atoms with E-state index in [1.165, 1.54) is 33.8 Å². The molecule has 0 aliphatic carbocycles. The number of carbonyl (C=O) groups excluding carboxylic acids is 1. The Kier molecular flexibility index (Phi) is 6.46. The molecule has 142 valence electrons. The minimum Gasteiger partial charge on any atom is -0.348 e. The Bertz CT molecular complexity index is 914. The molecule has 1 N–H and O–H groups in total. The Hall–Kier alpha value is -1.97. The smallest absolute Gasteiger partial charge is 0.228 e. The maximum atomic E-state index is 11.8. The molecule has 0 bridgehead atoms. The third kappa shape index (κ3) is 5.27. The number of benzene rings is 1. The van der Waals surface area contributed by atoms with Crippen molar-refractivity contribution in [2.24, 2.45) is 0 Å². The van der Waals surface area contributed by atoms with Crippen LogP contribution >= 0.6 is 34.4 Å². The number of aryl methyl sites for hydroxylation is 2. The molecule has 0 fully saturated rings. The van der Waals surface area contributed by atoms with E-state index >= 15 is 0 Å². The zero-order valence-corrected chi connectivity index (χ0v) is 18.1. The Balaban J connectivity index is 1.57. The van der Waals surface area contributed by atoms with Crippen LogP contribution in [-0.2, 0) is 17.0 Å². The van der Waals surface area contributed by atoms with E-state index in [-0.39, 0.29) is 5.91 Å². The molecule has 1 aromatic carbocycles. The number of thioether (sulfide) groups is 1. The van der Waals surface area contributed by atoms with E-state index < -0.39 is 0 Å². The van der Waals surface area contributed by atoms with Gasteiger partial charge in [0, 0.05) is 30.9 Å². The summed E-state index contributed by atoms with van der Waals surface area (Å²) in [5.74, 6) is 0.778. The highest BCUT2D eigenvalue weighted by Gasteiger charge is 2.12. The molecule has 3 aromatic rings. The van der Waals surface area contributed by atoms with Crippen molar-refractivity contribution in [1.82, 2.24) is 20.1 Å². The molecule has 9 heteroatoms. The number of thiazole rings is 1. The standard InChI is InChI=1S/C18H21N5OS3/c1-11-6-5-7-12(2)16(11)20-17-21-22-18(27-17)26-10-13-9-25-14(19-13)8-15(24)23(3)4/h5-7,9H,8,10H2,1-4H3,(H,20,21). The first-order chi connectivity index (χ1) is 12.9. The molecule has 0 spiro atoms. The summed E-state index contributed by atoms with van der Waals surface area (Å²) < 4.78 is 0.891. The van der Waals surface area contributed by atoms with Crippen molar-refractivity contribution < 1.29 is 4.79 Å².